The molecule has 4 unspecified atom stereocenters. The normalized spacial score (nSPS) is 41.9. The molecule has 4 atom stereocenters. The molecule has 0 N–H and O–H groups in total. The maximum Gasteiger partial charge on any atom is 0.235 e. The van der Waals surface area contributed by atoms with Gasteiger partial charge in [-0.15, -0.1) is 0 Å². The summed E-state index contributed by atoms with van der Waals surface area (Å²) in [6, 6.07) is 0.223. The Morgan fingerprint density at radius 3 is 2.50 bits per heavy atom. The summed E-state index contributed by atoms with van der Waals surface area (Å²) >= 11 is 0. The van der Waals surface area contributed by atoms with E-state index in [2.05, 4.69) is 25.8 Å². The van der Waals surface area contributed by atoms with Crippen molar-refractivity contribution in [2.45, 2.75) is 39.7 Å². The highest BCUT2D eigenvalue weighted by molar-refractivity contribution is 5.33. The standard InChI is InChI=1S/C10H17NO/c1-7-4-8(2)9(3)10(5-7)11-6-12/h7-10H,4-5H2,1-3H3. The molecule has 0 heterocycles. The fraction of sp³-hybridized carbons (Fsp3) is 0.900. The SMILES string of the molecule is CC1CC(C)C(C)C(N=C=O)C1. The third-order valence-electron chi connectivity index (χ3n) is 3.14. The zero-order chi connectivity index (χ0) is 9.14. The van der Waals surface area contributed by atoms with Crippen LogP contribution >= 0.6 is 0 Å². The molecule has 1 saturated carbocycles. The second kappa shape index (κ2) is 3.86. The number of nitrogens with zero attached hydrogens (tertiary/aromatic N) is 1. The predicted octanol–water partition coefficient (Wildman–Crippen LogP) is 2.39. The van der Waals surface area contributed by atoms with E-state index in [1.165, 1.54) is 6.42 Å². The second-order valence-electron chi connectivity index (χ2n) is 4.20. The lowest BCUT2D eigenvalue weighted by atomic mass is 9.73. The number of isocyanates is 1. The van der Waals surface area contributed by atoms with Crippen LogP contribution in [0.25, 0.3) is 0 Å². The van der Waals surface area contributed by atoms with Gasteiger partial charge in [-0.1, -0.05) is 20.8 Å². The first-order valence-corrected chi connectivity index (χ1v) is 4.72. The minimum Gasteiger partial charge on any atom is -0.211 e. The van der Waals surface area contributed by atoms with Crippen LogP contribution in [-0.2, 0) is 4.79 Å². The molecule has 1 rings (SSSR count). The van der Waals surface area contributed by atoms with Crippen LogP contribution in [0.3, 0.4) is 0 Å². The lowest BCUT2D eigenvalue weighted by Crippen LogP contribution is -2.31. The first-order chi connectivity index (χ1) is 5.65. The Balaban J connectivity index is 2.65. The molecule has 0 amide bonds. The largest absolute Gasteiger partial charge is 0.235 e. The van der Waals surface area contributed by atoms with Crippen molar-refractivity contribution >= 4 is 6.08 Å². The molecule has 0 saturated heterocycles. The monoisotopic (exact) mass is 167 g/mol. The Morgan fingerprint density at radius 1 is 1.25 bits per heavy atom. The number of carbonyl (C=O) groups excluding carboxylic acids is 1. The van der Waals surface area contributed by atoms with Crippen molar-refractivity contribution in [1.29, 1.82) is 0 Å². The lowest BCUT2D eigenvalue weighted by molar-refractivity contribution is 0.190. The summed E-state index contributed by atoms with van der Waals surface area (Å²) in [5.41, 5.74) is 0. The van der Waals surface area contributed by atoms with Gasteiger partial charge in [0.15, 0.2) is 0 Å². The van der Waals surface area contributed by atoms with Gasteiger partial charge in [0, 0.05) is 0 Å². The van der Waals surface area contributed by atoms with Crippen LogP contribution in [0.2, 0.25) is 0 Å². The fourth-order valence-electron chi connectivity index (χ4n) is 2.19. The average Bonchev–Trinajstić information content (AvgIpc) is 2.00. The predicted molar refractivity (Wildman–Crippen MR) is 48.6 cm³/mol. The van der Waals surface area contributed by atoms with E-state index < -0.39 is 0 Å². The van der Waals surface area contributed by atoms with Crippen molar-refractivity contribution in [3.05, 3.63) is 0 Å². The molecule has 0 spiro atoms. The number of hydrogen-bond acceptors (Lipinski definition) is 2. The first kappa shape index (κ1) is 9.47. The average molecular weight is 167 g/mol. The Kier molecular flexibility index (Phi) is 3.05. The van der Waals surface area contributed by atoms with Crippen molar-refractivity contribution in [1.82, 2.24) is 0 Å². The minimum atomic E-state index is 0.223. The highest BCUT2D eigenvalue weighted by Crippen LogP contribution is 2.34. The molecular weight excluding hydrogens is 150 g/mol. The highest BCUT2D eigenvalue weighted by Gasteiger charge is 2.30. The van der Waals surface area contributed by atoms with Crippen LogP contribution in [0.15, 0.2) is 4.99 Å². The maximum atomic E-state index is 10.1. The van der Waals surface area contributed by atoms with E-state index in [0.717, 1.165) is 6.42 Å². The molecule has 0 aromatic carbocycles. The van der Waals surface area contributed by atoms with Crippen molar-refractivity contribution in [2.75, 3.05) is 0 Å². The van der Waals surface area contributed by atoms with E-state index in [1.807, 2.05) is 0 Å². The van der Waals surface area contributed by atoms with Gasteiger partial charge in [0.25, 0.3) is 0 Å². The minimum absolute atomic E-state index is 0.223. The van der Waals surface area contributed by atoms with E-state index in [-0.39, 0.29) is 6.04 Å². The van der Waals surface area contributed by atoms with Crippen LogP contribution in [-0.4, -0.2) is 12.1 Å². The van der Waals surface area contributed by atoms with Crippen LogP contribution < -0.4 is 0 Å². The summed E-state index contributed by atoms with van der Waals surface area (Å²) in [4.78, 5) is 14.0. The van der Waals surface area contributed by atoms with Crippen LogP contribution in [0, 0.1) is 17.8 Å². The van der Waals surface area contributed by atoms with Crippen LogP contribution in [0.1, 0.15) is 33.6 Å². The van der Waals surface area contributed by atoms with Crippen molar-refractivity contribution in [3.63, 3.8) is 0 Å². The molecule has 68 valence electrons. The fourth-order valence-corrected chi connectivity index (χ4v) is 2.19. The number of rotatable bonds is 1. The summed E-state index contributed by atoms with van der Waals surface area (Å²) in [5, 5.41) is 0. The highest BCUT2D eigenvalue weighted by atomic mass is 16.1. The topological polar surface area (TPSA) is 29.4 Å². The van der Waals surface area contributed by atoms with E-state index in [1.54, 1.807) is 6.08 Å². The van der Waals surface area contributed by atoms with Gasteiger partial charge in [-0.2, -0.15) is 0 Å². The molecule has 12 heavy (non-hydrogen) atoms. The smallest absolute Gasteiger partial charge is 0.211 e. The molecule has 2 heteroatoms. The second-order valence-corrected chi connectivity index (χ2v) is 4.20. The van der Waals surface area contributed by atoms with Gasteiger partial charge in [-0.3, -0.25) is 0 Å². The van der Waals surface area contributed by atoms with E-state index in [9.17, 15) is 4.79 Å². The molecule has 1 fully saturated rings. The molecule has 0 aliphatic heterocycles. The third-order valence-corrected chi connectivity index (χ3v) is 3.14. The van der Waals surface area contributed by atoms with E-state index >= 15 is 0 Å². The van der Waals surface area contributed by atoms with Gasteiger partial charge in [-0.05, 0) is 30.6 Å². The Hall–Kier alpha value is -0.620. The first-order valence-electron chi connectivity index (χ1n) is 4.72. The summed E-state index contributed by atoms with van der Waals surface area (Å²) in [6.07, 6.45) is 4.01. The summed E-state index contributed by atoms with van der Waals surface area (Å²) < 4.78 is 0. The quantitative estimate of drug-likeness (QED) is 0.435. The molecule has 0 radical (unpaired) electrons. The van der Waals surface area contributed by atoms with Gasteiger partial charge in [-0.25, -0.2) is 9.79 Å². The van der Waals surface area contributed by atoms with E-state index in [0.29, 0.717) is 17.8 Å². The zero-order valence-electron chi connectivity index (χ0n) is 8.08. The summed E-state index contributed by atoms with van der Waals surface area (Å²) in [6.45, 7) is 6.66. The number of aliphatic imine (C=N–C) groups is 1. The summed E-state index contributed by atoms with van der Waals surface area (Å²) in [7, 11) is 0. The molecule has 0 aromatic heterocycles. The molecule has 1 aliphatic carbocycles. The Bertz CT molecular complexity index is 196. The maximum absolute atomic E-state index is 10.1. The van der Waals surface area contributed by atoms with Crippen LogP contribution in [0.5, 0.6) is 0 Å². The van der Waals surface area contributed by atoms with Gasteiger partial charge in [0.1, 0.15) is 0 Å². The van der Waals surface area contributed by atoms with Gasteiger partial charge < -0.3 is 0 Å². The molecule has 0 aromatic rings. The molecule has 1 aliphatic rings. The number of hydrogen-bond donors (Lipinski definition) is 0. The Morgan fingerprint density at radius 2 is 1.92 bits per heavy atom. The summed E-state index contributed by atoms with van der Waals surface area (Å²) in [5.74, 6) is 1.94. The molecule has 0 bridgehead atoms. The van der Waals surface area contributed by atoms with Crippen molar-refractivity contribution in [2.24, 2.45) is 22.7 Å². The van der Waals surface area contributed by atoms with Gasteiger partial charge in [0.05, 0.1) is 6.04 Å². The molecular formula is C10H17NO. The third kappa shape index (κ3) is 1.95. The van der Waals surface area contributed by atoms with Crippen LogP contribution in [0.4, 0.5) is 0 Å². The van der Waals surface area contributed by atoms with Crippen molar-refractivity contribution in [3.8, 4) is 0 Å². The van der Waals surface area contributed by atoms with Crippen molar-refractivity contribution < 1.29 is 4.79 Å². The van der Waals surface area contributed by atoms with Gasteiger partial charge >= 0.3 is 0 Å². The molecule has 2 nitrogen and oxygen atoms in total. The lowest BCUT2D eigenvalue weighted by Gasteiger charge is -2.34. The van der Waals surface area contributed by atoms with Gasteiger partial charge in [0.2, 0.25) is 6.08 Å². The zero-order valence-corrected chi connectivity index (χ0v) is 8.08. The van der Waals surface area contributed by atoms with E-state index in [4.69, 9.17) is 0 Å². The Labute approximate surface area is 74.1 Å².